The Morgan fingerprint density at radius 2 is 0.862 bits per heavy atom. The summed E-state index contributed by atoms with van der Waals surface area (Å²) in [5.74, 6) is 1.53. The van der Waals surface area contributed by atoms with Crippen molar-refractivity contribution in [1.82, 2.24) is 19.5 Å². The highest BCUT2D eigenvalue weighted by Gasteiger charge is 2.29. The third kappa shape index (κ3) is 5.85. The average Bonchev–Trinajstić information content (AvgIpc) is 3.63. The average molecular weight is 742 g/mol. The second-order valence-electron chi connectivity index (χ2n) is 14.5. The van der Waals surface area contributed by atoms with Gasteiger partial charge in [-0.25, -0.2) is 15.0 Å². The van der Waals surface area contributed by atoms with Crippen LogP contribution in [0.25, 0.3) is 84.0 Å². The van der Waals surface area contributed by atoms with Crippen molar-refractivity contribution < 1.29 is 0 Å². The Labute approximate surface area is 336 Å². The minimum atomic E-state index is 0.689. The second-order valence-corrected chi connectivity index (χ2v) is 14.5. The molecule has 8 aromatic carbocycles. The fraction of sp³-hybridized carbons (Fsp3) is 0. The molecule has 2 aromatic heterocycles. The van der Waals surface area contributed by atoms with Gasteiger partial charge in [0.15, 0.2) is 5.82 Å². The number of aromatic nitrogens is 4. The Hall–Kier alpha value is -7.89. The summed E-state index contributed by atoms with van der Waals surface area (Å²) in [6.07, 6.45) is 0. The molecule has 5 nitrogen and oxygen atoms in total. The highest BCUT2D eigenvalue weighted by Crippen LogP contribution is 2.48. The molecule has 5 heteroatoms. The number of hydrogen-bond donors (Lipinski definition) is 0. The lowest BCUT2D eigenvalue weighted by atomic mass is 9.94. The normalized spacial score (nSPS) is 11.8. The van der Waals surface area contributed by atoms with Gasteiger partial charge in [-0.1, -0.05) is 152 Å². The van der Waals surface area contributed by atoms with Crippen molar-refractivity contribution in [1.29, 1.82) is 0 Å². The topological polar surface area (TPSA) is 46.8 Å². The number of imidazole rings is 1. The van der Waals surface area contributed by atoms with Gasteiger partial charge in [-0.3, -0.25) is 9.47 Å². The predicted octanol–water partition coefficient (Wildman–Crippen LogP) is 13.6. The molecular weight excluding hydrogens is 707 g/mol. The quantitative estimate of drug-likeness (QED) is 0.170. The SMILES string of the molecule is c1ccc(-c2cc(-c3cccc(N4c5ccccc5-c5ccccc5-n5c4nc4ccccc45)c3)cc(-c3cc(-c4ccccc4)nc(-c4ccccc4)n3)c2)cc1. The molecular formula is C53H35N5. The summed E-state index contributed by atoms with van der Waals surface area (Å²) in [6, 6.07) is 74.5. The molecule has 0 fully saturated rings. The molecule has 11 rings (SSSR count). The van der Waals surface area contributed by atoms with E-state index in [1.54, 1.807) is 0 Å². The first-order chi connectivity index (χ1) is 28.7. The molecule has 0 N–H and O–H groups in total. The van der Waals surface area contributed by atoms with E-state index in [1.165, 1.54) is 0 Å². The van der Waals surface area contributed by atoms with Crippen molar-refractivity contribution in [3.63, 3.8) is 0 Å². The summed E-state index contributed by atoms with van der Waals surface area (Å²) in [7, 11) is 0. The minimum Gasteiger partial charge on any atom is -0.280 e. The molecule has 1 aliphatic heterocycles. The van der Waals surface area contributed by atoms with Gasteiger partial charge in [0.2, 0.25) is 5.95 Å². The predicted molar refractivity (Wildman–Crippen MR) is 238 cm³/mol. The van der Waals surface area contributed by atoms with E-state index in [0.29, 0.717) is 5.82 Å². The van der Waals surface area contributed by atoms with E-state index in [2.05, 4.69) is 198 Å². The first-order valence-electron chi connectivity index (χ1n) is 19.5. The molecule has 0 saturated carbocycles. The first kappa shape index (κ1) is 33.4. The fourth-order valence-electron chi connectivity index (χ4n) is 8.19. The molecule has 0 bridgehead atoms. The molecule has 0 saturated heterocycles. The van der Waals surface area contributed by atoms with Gasteiger partial charge in [-0.05, 0) is 82.9 Å². The molecule has 0 amide bonds. The Bertz CT molecular complexity index is 3060. The van der Waals surface area contributed by atoms with Crippen molar-refractivity contribution in [2.75, 3.05) is 4.90 Å². The Kier molecular flexibility index (Phi) is 8.07. The minimum absolute atomic E-state index is 0.689. The largest absolute Gasteiger partial charge is 0.280 e. The lowest BCUT2D eigenvalue weighted by Crippen LogP contribution is -2.14. The van der Waals surface area contributed by atoms with Crippen LogP contribution in [0.15, 0.2) is 212 Å². The van der Waals surface area contributed by atoms with Gasteiger partial charge in [0.1, 0.15) is 0 Å². The van der Waals surface area contributed by atoms with Crippen LogP contribution in [-0.4, -0.2) is 19.5 Å². The van der Waals surface area contributed by atoms with Crippen molar-refractivity contribution in [3.8, 4) is 73.0 Å². The molecule has 0 radical (unpaired) electrons. The lowest BCUT2D eigenvalue weighted by molar-refractivity contribution is 1.05. The zero-order valence-electron chi connectivity index (χ0n) is 31.4. The second kappa shape index (κ2) is 14.0. The summed E-state index contributed by atoms with van der Waals surface area (Å²) in [5.41, 5.74) is 16.7. The zero-order chi connectivity index (χ0) is 38.4. The van der Waals surface area contributed by atoms with Gasteiger partial charge >= 0.3 is 0 Å². The third-order valence-corrected chi connectivity index (χ3v) is 10.9. The van der Waals surface area contributed by atoms with Gasteiger partial charge in [0.25, 0.3) is 0 Å². The Morgan fingerprint density at radius 3 is 1.60 bits per heavy atom. The van der Waals surface area contributed by atoms with E-state index in [9.17, 15) is 0 Å². The van der Waals surface area contributed by atoms with Crippen LogP contribution in [0.1, 0.15) is 0 Å². The third-order valence-electron chi connectivity index (χ3n) is 10.9. The van der Waals surface area contributed by atoms with E-state index in [0.717, 1.165) is 95.5 Å². The maximum Gasteiger partial charge on any atom is 0.220 e. The van der Waals surface area contributed by atoms with Gasteiger partial charge in [-0.2, -0.15) is 0 Å². The van der Waals surface area contributed by atoms with E-state index in [-0.39, 0.29) is 0 Å². The number of benzene rings is 8. The number of para-hydroxylation sites is 4. The van der Waals surface area contributed by atoms with E-state index >= 15 is 0 Å². The highest BCUT2D eigenvalue weighted by molar-refractivity contribution is 5.97. The maximum absolute atomic E-state index is 5.32. The molecule has 1 aliphatic rings. The summed E-state index contributed by atoms with van der Waals surface area (Å²) < 4.78 is 2.30. The highest BCUT2D eigenvalue weighted by atomic mass is 15.3. The monoisotopic (exact) mass is 741 g/mol. The molecule has 0 atom stereocenters. The van der Waals surface area contributed by atoms with Crippen LogP contribution < -0.4 is 4.90 Å². The lowest BCUT2D eigenvalue weighted by Gasteiger charge is -2.25. The van der Waals surface area contributed by atoms with Crippen molar-refractivity contribution in [2.24, 2.45) is 0 Å². The van der Waals surface area contributed by atoms with Crippen LogP contribution in [-0.2, 0) is 0 Å². The van der Waals surface area contributed by atoms with E-state index in [4.69, 9.17) is 15.0 Å². The van der Waals surface area contributed by atoms with Crippen LogP contribution in [0.3, 0.4) is 0 Å². The summed E-state index contributed by atoms with van der Waals surface area (Å²) in [4.78, 5) is 17.9. The van der Waals surface area contributed by atoms with E-state index in [1.807, 2.05) is 24.3 Å². The smallest absolute Gasteiger partial charge is 0.220 e. The number of fused-ring (bicyclic) bond motifs is 7. The summed E-state index contributed by atoms with van der Waals surface area (Å²) >= 11 is 0. The number of hydrogen-bond acceptors (Lipinski definition) is 4. The van der Waals surface area contributed by atoms with Crippen LogP contribution in [0, 0.1) is 0 Å². The van der Waals surface area contributed by atoms with Crippen LogP contribution in [0.2, 0.25) is 0 Å². The number of rotatable bonds is 6. The van der Waals surface area contributed by atoms with Gasteiger partial charge < -0.3 is 0 Å². The Morgan fingerprint density at radius 1 is 0.328 bits per heavy atom. The molecule has 272 valence electrons. The van der Waals surface area contributed by atoms with Crippen LogP contribution >= 0.6 is 0 Å². The van der Waals surface area contributed by atoms with Gasteiger partial charge in [-0.15, -0.1) is 0 Å². The Balaban J connectivity index is 1.12. The molecule has 3 heterocycles. The van der Waals surface area contributed by atoms with E-state index < -0.39 is 0 Å². The van der Waals surface area contributed by atoms with Gasteiger partial charge in [0.05, 0.1) is 33.8 Å². The van der Waals surface area contributed by atoms with Crippen molar-refractivity contribution >= 4 is 28.4 Å². The number of anilines is 3. The number of nitrogens with zero attached hydrogens (tertiary/aromatic N) is 5. The molecule has 58 heavy (non-hydrogen) atoms. The molecule has 0 aliphatic carbocycles. The van der Waals surface area contributed by atoms with Crippen molar-refractivity contribution in [3.05, 3.63) is 212 Å². The molecule has 10 aromatic rings. The zero-order valence-corrected chi connectivity index (χ0v) is 31.4. The summed E-state index contributed by atoms with van der Waals surface area (Å²) in [5, 5.41) is 0. The first-order valence-corrected chi connectivity index (χ1v) is 19.5. The van der Waals surface area contributed by atoms with Crippen molar-refractivity contribution in [2.45, 2.75) is 0 Å². The van der Waals surface area contributed by atoms with Crippen LogP contribution in [0.5, 0.6) is 0 Å². The molecule has 0 spiro atoms. The van der Waals surface area contributed by atoms with Crippen LogP contribution in [0.4, 0.5) is 17.3 Å². The fourth-order valence-corrected chi connectivity index (χ4v) is 8.19. The molecule has 0 unspecified atom stereocenters. The standard InChI is InChI=1S/C53H35N5/c1-4-17-36(18-5-1)40-31-41(33-42(32-40)48-35-47(37-19-6-2-7-20-37)54-52(55-48)38-21-8-3-9-22-38)39-23-16-24-43(34-39)57-49-28-13-10-25-44(49)45-26-11-14-29-50(45)58-51-30-15-12-27-46(51)56-53(57)58/h1-35H. The summed E-state index contributed by atoms with van der Waals surface area (Å²) in [6.45, 7) is 0. The maximum atomic E-state index is 5.32. The van der Waals surface area contributed by atoms with Gasteiger partial charge in [0, 0.05) is 33.5 Å².